The fraction of sp³-hybridized carbons (Fsp3) is 0.950. The zero-order chi connectivity index (χ0) is 19.5. The van der Waals surface area contributed by atoms with Gasteiger partial charge in [0.05, 0.1) is 19.4 Å². The molecule has 2 N–H and O–H groups in total. The number of piperidine rings is 1. The van der Waals surface area contributed by atoms with Crippen LogP contribution in [0.25, 0.3) is 0 Å². The Balaban J connectivity index is 1.27. The van der Waals surface area contributed by atoms with E-state index in [9.17, 15) is 9.18 Å². The van der Waals surface area contributed by atoms with Gasteiger partial charge in [0.15, 0.2) is 0 Å². The molecule has 1 aliphatic carbocycles. The lowest BCUT2D eigenvalue weighted by Gasteiger charge is -2.42. The second-order valence-corrected chi connectivity index (χ2v) is 8.68. The number of carbonyl (C=O) groups excluding carboxylic acids is 1. The van der Waals surface area contributed by atoms with Gasteiger partial charge in [-0.25, -0.2) is 4.39 Å². The van der Waals surface area contributed by atoms with Crippen molar-refractivity contribution in [2.45, 2.75) is 70.1 Å². The number of halogens is 1. The lowest BCUT2D eigenvalue weighted by molar-refractivity contribution is -0.132. The fourth-order valence-electron chi connectivity index (χ4n) is 5.27. The van der Waals surface area contributed by atoms with Crippen molar-refractivity contribution in [3.63, 3.8) is 0 Å². The first-order chi connectivity index (χ1) is 13.7. The number of likely N-dealkylation sites (tertiary alicyclic amines) is 1. The zero-order valence-corrected chi connectivity index (χ0v) is 16.9. The average Bonchev–Trinajstić information content (AvgIpc) is 3.24. The Bertz CT molecular complexity index is 526. The molecule has 4 aliphatic rings. The molecule has 4 fully saturated rings. The molecule has 5 atom stereocenters. The minimum Gasteiger partial charge on any atom is -0.379 e. The maximum absolute atomic E-state index is 14.6. The number of ether oxygens (including phenoxy) is 1. The number of hydroxylamine groups is 1. The van der Waals surface area contributed by atoms with Gasteiger partial charge in [-0.15, -0.1) is 0 Å². The van der Waals surface area contributed by atoms with Gasteiger partial charge in [-0.2, -0.15) is 5.48 Å². The Morgan fingerprint density at radius 1 is 1.07 bits per heavy atom. The van der Waals surface area contributed by atoms with Crippen LogP contribution in [0.3, 0.4) is 0 Å². The number of amides is 1. The molecule has 160 valence electrons. The van der Waals surface area contributed by atoms with Crippen LogP contribution in [-0.2, 0) is 14.4 Å². The summed E-state index contributed by atoms with van der Waals surface area (Å²) in [6.07, 6.45) is 4.16. The zero-order valence-electron chi connectivity index (χ0n) is 16.9. The lowest BCUT2D eigenvalue weighted by atomic mass is 9.82. The number of rotatable bonds is 4. The van der Waals surface area contributed by atoms with E-state index < -0.39 is 6.17 Å². The molecule has 1 saturated carbocycles. The largest absolute Gasteiger partial charge is 0.379 e. The van der Waals surface area contributed by atoms with E-state index in [2.05, 4.69) is 15.7 Å². The molecular weight excluding hydrogens is 363 g/mol. The van der Waals surface area contributed by atoms with Gasteiger partial charge in [0.1, 0.15) is 12.4 Å². The summed E-state index contributed by atoms with van der Waals surface area (Å²) in [4.78, 5) is 22.0. The third-order valence-electron chi connectivity index (χ3n) is 7.05. The van der Waals surface area contributed by atoms with E-state index in [4.69, 9.17) is 9.57 Å². The number of hydrogen-bond donors (Lipinski definition) is 2. The summed E-state index contributed by atoms with van der Waals surface area (Å²) in [5.74, 6) is 1.02. The van der Waals surface area contributed by atoms with Gasteiger partial charge in [-0.3, -0.25) is 19.8 Å². The van der Waals surface area contributed by atoms with E-state index in [1.54, 1.807) is 0 Å². The van der Waals surface area contributed by atoms with Crippen molar-refractivity contribution in [1.82, 2.24) is 20.6 Å². The van der Waals surface area contributed by atoms with Crippen molar-refractivity contribution >= 4 is 5.91 Å². The molecule has 0 bridgehead atoms. The number of alkyl halides is 1. The maximum atomic E-state index is 14.6. The molecule has 0 aromatic rings. The number of nitrogens with one attached hydrogen (secondary N) is 2. The lowest BCUT2D eigenvalue weighted by Crippen LogP contribution is -2.53. The van der Waals surface area contributed by atoms with Crippen LogP contribution in [0.1, 0.15) is 45.4 Å². The predicted molar refractivity (Wildman–Crippen MR) is 103 cm³/mol. The second kappa shape index (κ2) is 9.34. The highest BCUT2D eigenvalue weighted by atomic mass is 19.1. The Morgan fingerprint density at radius 2 is 1.82 bits per heavy atom. The van der Waals surface area contributed by atoms with Gasteiger partial charge in [-0.05, 0) is 38.0 Å². The third kappa shape index (κ3) is 4.51. The summed E-state index contributed by atoms with van der Waals surface area (Å²) >= 11 is 0. The van der Waals surface area contributed by atoms with Crippen LogP contribution in [0.15, 0.2) is 0 Å². The van der Waals surface area contributed by atoms with Crippen molar-refractivity contribution in [3.05, 3.63) is 0 Å². The molecule has 0 aromatic heterocycles. The van der Waals surface area contributed by atoms with Crippen LogP contribution in [-0.4, -0.2) is 79.7 Å². The smallest absolute Gasteiger partial charge is 0.222 e. The summed E-state index contributed by atoms with van der Waals surface area (Å²) in [5.41, 5.74) is 3.20. The molecular formula is C20H35FN4O3. The Labute approximate surface area is 167 Å². The van der Waals surface area contributed by atoms with Crippen LogP contribution < -0.4 is 10.8 Å². The molecule has 7 nitrogen and oxygen atoms in total. The molecule has 3 aliphatic heterocycles. The molecule has 0 radical (unpaired) electrons. The number of carbonyl (C=O) groups is 1. The number of nitrogens with zero attached hydrogens (tertiary/aromatic N) is 2. The average molecular weight is 399 g/mol. The summed E-state index contributed by atoms with van der Waals surface area (Å²) in [6.45, 7) is 6.63. The van der Waals surface area contributed by atoms with Crippen LogP contribution in [0.5, 0.6) is 0 Å². The van der Waals surface area contributed by atoms with Crippen molar-refractivity contribution in [1.29, 1.82) is 0 Å². The van der Waals surface area contributed by atoms with Gasteiger partial charge in [0, 0.05) is 44.6 Å². The summed E-state index contributed by atoms with van der Waals surface area (Å²) in [5, 5.41) is 3.62. The van der Waals surface area contributed by atoms with Crippen LogP contribution in [0.2, 0.25) is 0 Å². The molecule has 8 heteroatoms. The minimum absolute atomic E-state index is 0.0182. The van der Waals surface area contributed by atoms with Gasteiger partial charge >= 0.3 is 0 Å². The fourth-order valence-corrected chi connectivity index (χ4v) is 5.27. The van der Waals surface area contributed by atoms with E-state index in [0.717, 1.165) is 51.9 Å². The van der Waals surface area contributed by atoms with Gasteiger partial charge in [0.25, 0.3) is 0 Å². The summed E-state index contributed by atoms with van der Waals surface area (Å²) < 4.78 is 20.0. The van der Waals surface area contributed by atoms with Gasteiger partial charge in [0.2, 0.25) is 5.91 Å². The predicted octanol–water partition coefficient (Wildman–Crippen LogP) is 1.25. The van der Waals surface area contributed by atoms with E-state index in [1.165, 1.54) is 0 Å². The van der Waals surface area contributed by atoms with Crippen molar-refractivity contribution in [2.75, 3.05) is 39.4 Å². The molecule has 1 amide bonds. The first-order valence-corrected chi connectivity index (χ1v) is 11.1. The van der Waals surface area contributed by atoms with Crippen LogP contribution in [0, 0.1) is 11.8 Å². The minimum atomic E-state index is -0.750. The number of hydrogen-bond acceptors (Lipinski definition) is 6. The second-order valence-electron chi connectivity index (χ2n) is 8.68. The van der Waals surface area contributed by atoms with Crippen molar-refractivity contribution in [2.24, 2.45) is 11.8 Å². The Morgan fingerprint density at radius 3 is 2.54 bits per heavy atom. The van der Waals surface area contributed by atoms with Crippen molar-refractivity contribution in [3.8, 4) is 0 Å². The molecule has 5 unspecified atom stereocenters. The molecule has 0 spiro atoms. The Hall–Kier alpha value is -0.800. The van der Waals surface area contributed by atoms with E-state index in [-0.39, 0.29) is 24.3 Å². The highest BCUT2D eigenvalue weighted by molar-refractivity contribution is 5.75. The van der Waals surface area contributed by atoms with Gasteiger partial charge < -0.3 is 9.64 Å². The quantitative estimate of drug-likeness (QED) is 0.743. The SMILES string of the molecule is CCC(=O)N1CCC(C2NOC(C3CCC(F)C(N4CCOCC4)C3)N2)CC1. The monoisotopic (exact) mass is 398 g/mol. The first-order valence-electron chi connectivity index (χ1n) is 11.1. The van der Waals surface area contributed by atoms with E-state index in [1.807, 2.05) is 11.8 Å². The maximum Gasteiger partial charge on any atom is 0.222 e. The standard InChI is InChI=1S/C20H35FN4O3/c1-2-18(26)25-7-5-14(6-8-25)19-22-20(28-23-19)15-3-4-16(21)17(13-15)24-9-11-27-12-10-24/h14-17,19-20,22-23H,2-13H2,1H3. The summed E-state index contributed by atoms with van der Waals surface area (Å²) in [6, 6.07) is -0.0182. The third-order valence-corrected chi connectivity index (χ3v) is 7.05. The molecule has 3 saturated heterocycles. The van der Waals surface area contributed by atoms with E-state index in [0.29, 0.717) is 37.9 Å². The highest BCUT2D eigenvalue weighted by Gasteiger charge is 2.42. The molecule has 0 aromatic carbocycles. The normalized spacial score (nSPS) is 38.6. The van der Waals surface area contributed by atoms with Crippen LogP contribution in [0.4, 0.5) is 4.39 Å². The Kier molecular flexibility index (Phi) is 6.83. The topological polar surface area (TPSA) is 66.1 Å². The summed E-state index contributed by atoms with van der Waals surface area (Å²) in [7, 11) is 0. The highest BCUT2D eigenvalue weighted by Crippen LogP contribution is 2.34. The number of morpholine rings is 1. The van der Waals surface area contributed by atoms with Gasteiger partial charge in [-0.1, -0.05) is 6.92 Å². The first kappa shape index (κ1) is 20.5. The molecule has 28 heavy (non-hydrogen) atoms. The van der Waals surface area contributed by atoms with Crippen molar-refractivity contribution < 1.29 is 18.8 Å². The van der Waals surface area contributed by atoms with Crippen LogP contribution >= 0.6 is 0 Å². The molecule has 4 rings (SSSR count). The van der Waals surface area contributed by atoms with E-state index >= 15 is 0 Å². The molecule has 3 heterocycles.